The number of methoxy groups -OCH3 is 1. The van der Waals surface area contributed by atoms with Gasteiger partial charge in [-0.25, -0.2) is 0 Å². The summed E-state index contributed by atoms with van der Waals surface area (Å²) in [6.45, 7) is 2.48. The van der Waals surface area contributed by atoms with Crippen molar-refractivity contribution in [2.75, 3.05) is 13.7 Å². The summed E-state index contributed by atoms with van der Waals surface area (Å²) in [4.78, 5) is 0. The van der Waals surface area contributed by atoms with Crippen LogP contribution in [0.3, 0.4) is 0 Å². The fourth-order valence-corrected chi connectivity index (χ4v) is 1.58. The summed E-state index contributed by atoms with van der Waals surface area (Å²) in [7, 11) is 1.61. The molecule has 0 aromatic heterocycles. The second kappa shape index (κ2) is 5.85. The van der Waals surface area contributed by atoms with Crippen LogP contribution >= 0.6 is 0 Å². The van der Waals surface area contributed by atoms with Gasteiger partial charge in [0.25, 0.3) is 0 Å². The lowest BCUT2D eigenvalue weighted by molar-refractivity contribution is 0.122. The fraction of sp³-hybridized carbons (Fsp3) is 0.500. The van der Waals surface area contributed by atoms with Crippen molar-refractivity contribution in [1.29, 1.82) is 0 Å². The predicted molar refractivity (Wildman–Crippen MR) is 60.6 cm³/mol. The van der Waals surface area contributed by atoms with Crippen LogP contribution in [0.2, 0.25) is 0 Å². The Morgan fingerprint density at radius 3 is 2.80 bits per heavy atom. The molecule has 0 saturated carbocycles. The van der Waals surface area contributed by atoms with Crippen molar-refractivity contribution in [2.24, 2.45) is 5.73 Å². The molecule has 2 unspecified atom stereocenters. The van der Waals surface area contributed by atoms with Crippen molar-refractivity contribution in [3.63, 3.8) is 0 Å². The molecule has 1 rings (SSSR count). The van der Waals surface area contributed by atoms with Gasteiger partial charge < -0.3 is 15.6 Å². The van der Waals surface area contributed by atoms with Crippen LogP contribution in [0, 0.1) is 6.92 Å². The number of ether oxygens (including phenoxy) is 1. The Balaban J connectivity index is 2.56. The lowest BCUT2D eigenvalue weighted by Gasteiger charge is -2.16. The molecular formula is C12H19NO2. The number of hydrogen-bond acceptors (Lipinski definition) is 3. The molecule has 3 nitrogen and oxygen atoms in total. The van der Waals surface area contributed by atoms with Crippen molar-refractivity contribution < 1.29 is 9.84 Å². The number of rotatable bonds is 5. The molecule has 0 fully saturated rings. The second-order valence-corrected chi connectivity index (χ2v) is 3.88. The zero-order valence-electron chi connectivity index (χ0n) is 9.31. The van der Waals surface area contributed by atoms with Gasteiger partial charge in [-0.2, -0.15) is 0 Å². The maximum atomic E-state index is 9.91. The normalized spacial score (nSPS) is 14.9. The van der Waals surface area contributed by atoms with Crippen LogP contribution < -0.4 is 5.73 Å². The highest BCUT2D eigenvalue weighted by atomic mass is 16.5. The monoisotopic (exact) mass is 209 g/mol. The highest BCUT2D eigenvalue weighted by Crippen LogP contribution is 2.18. The van der Waals surface area contributed by atoms with Crippen LogP contribution in [0.1, 0.15) is 23.7 Å². The van der Waals surface area contributed by atoms with Crippen LogP contribution in [0.4, 0.5) is 0 Å². The second-order valence-electron chi connectivity index (χ2n) is 3.88. The van der Waals surface area contributed by atoms with Gasteiger partial charge in [-0.05, 0) is 18.9 Å². The molecule has 0 aliphatic heterocycles. The van der Waals surface area contributed by atoms with E-state index in [-0.39, 0.29) is 6.04 Å². The minimum Gasteiger partial charge on any atom is -0.388 e. The summed E-state index contributed by atoms with van der Waals surface area (Å²) in [5, 5.41) is 9.91. The Hall–Kier alpha value is -0.900. The maximum Gasteiger partial charge on any atom is 0.0805 e. The Morgan fingerprint density at radius 1 is 1.47 bits per heavy atom. The first kappa shape index (κ1) is 12.2. The highest BCUT2D eigenvalue weighted by Gasteiger charge is 2.12. The molecule has 2 atom stereocenters. The lowest BCUT2D eigenvalue weighted by atomic mass is 10.0. The van der Waals surface area contributed by atoms with Gasteiger partial charge in [-0.1, -0.05) is 29.8 Å². The number of nitrogens with two attached hydrogens (primary N) is 1. The van der Waals surface area contributed by atoms with Crippen molar-refractivity contribution in [3.8, 4) is 0 Å². The van der Waals surface area contributed by atoms with Crippen LogP contribution in [0.25, 0.3) is 0 Å². The van der Waals surface area contributed by atoms with Crippen LogP contribution in [-0.4, -0.2) is 24.9 Å². The summed E-state index contributed by atoms with van der Waals surface area (Å²) in [6.07, 6.45) is 0.0205. The Bertz CT molecular complexity index is 301. The quantitative estimate of drug-likeness (QED) is 0.770. The number of aryl methyl sites for hydroxylation is 1. The molecule has 0 heterocycles. The minimum atomic E-state index is -0.505. The van der Waals surface area contributed by atoms with E-state index in [0.717, 1.165) is 11.1 Å². The molecule has 84 valence electrons. The molecule has 0 radical (unpaired) electrons. The standard InChI is InChI=1S/C12H19NO2/c1-9-4-3-5-10(6-9)12(14)7-11(13)8-15-2/h3-6,11-12,14H,7-8,13H2,1-2H3. The average Bonchev–Trinajstić information content (AvgIpc) is 2.18. The molecule has 0 bridgehead atoms. The summed E-state index contributed by atoms with van der Waals surface area (Å²) >= 11 is 0. The molecule has 1 aromatic rings. The van der Waals surface area contributed by atoms with Gasteiger partial charge in [0.15, 0.2) is 0 Å². The van der Waals surface area contributed by atoms with Gasteiger partial charge in [0.05, 0.1) is 12.7 Å². The molecule has 0 aliphatic carbocycles. The molecule has 3 heteroatoms. The third-order valence-corrected chi connectivity index (χ3v) is 2.33. The Labute approximate surface area is 90.9 Å². The van der Waals surface area contributed by atoms with E-state index >= 15 is 0 Å². The molecule has 0 saturated heterocycles. The number of aliphatic hydroxyl groups excluding tert-OH is 1. The number of benzene rings is 1. The van der Waals surface area contributed by atoms with Gasteiger partial charge in [0.2, 0.25) is 0 Å². The highest BCUT2D eigenvalue weighted by molar-refractivity contribution is 5.24. The zero-order chi connectivity index (χ0) is 11.3. The van der Waals surface area contributed by atoms with Crippen molar-refractivity contribution in [2.45, 2.75) is 25.5 Å². The summed E-state index contributed by atoms with van der Waals surface area (Å²) in [5.74, 6) is 0. The van der Waals surface area contributed by atoms with Gasteiger partial charge in [0.1, 0.15) is 0 Å². The maximum absolute atomic E-state index is 9.91. The van der Waals surface area contributed by atoms with E-state index in [0.29, 0.717) is 13.0 Å². The van der Waals surface area contributed by atoms with E-state index < -0.39 is 6.10 Å². The van der Waals surface area contributed by atoms with Crippen molar-refractivity contribution >= 4 is 0 Å². The van der Waals surface area contributed by atoms with E-state index in [9.17, 15) is 5.11 Å². The van der Waals surface area contributed by atoms with E-state index in [4.69, 9.17) is 10.5 Å². The summed E-state index contributed by atoms with van der Waals surface area (Å²) in [5.41, 5.74) is 7.84. The van der Waals surface area contributed by atoms with Gasteiger partial charge in [-0.15, -0.1) is 0 Å². The first-order valence-corrected chi connectivity index (χ1v) is 5.12. The number of aliphatic hydroxyl groups is 1. The summed E-state index contributed by atoms with van der Waals surface area (Å²) < 4.78 is 4.93. The topological polar surface area (TPSA) is 55.5 Å². The first-order chi connectivity index (χ1) is 7.13. The zero-order valence-corrected chi connectivity index (χ0v) is 9.31. The van der Waals surface area contributed by atoms with Gasteiger partial charge in [-0.3, -0.25) is 0 Å². The third-order valence-electron chi connectivity index (χ3n) is 2.33. The molecular weight excluding hydrogens is 190 g/mol. The van der Waals surface area contributed by atoms with E-state index in [1.54, 1.807) is 7.11 Å². The SMILES string of the molecule is COCC(N)CC(O)c1cccc(C)c1. The van der Waals surface area contributed by atoms with E-state index in [1.165, 1.54) is 0 Å². The molecule has 15 heavy (non-hydrogen) atoms. The van der Waals surface area contributed by atoms with Crippen molar-refractivity contribution in [3.05, 3.63) is 35.4 Å². The van der Waals surface area contributed by atoms with Crippen LogP contribution in [0.5, 0.6) is 0 Å². The molecule has 0 aliphatic rings. The lowest BCUT2D eigenvalue weighted by Crippen LogP contribution is -2.27. The minimum absolute atomic E-state index is 0.120. The largest absolute Gasteiger partial charge is 0.388 e. The van der Waals surface area contributed by atoms with E-state index in [2.05, 4.69) is 0 Å². The van der Waals surface area contributed by atoms with Gasteiger partial charge in [0, 0.05) is 13.2 Å². The Kier molecular flexibility index (Phi) is 4.75. The van der Waals surface area contributed by atoms with E-state index in [1.807, 2.05) is 31.2 Å². The fourth-order valence-electron chi connectivity index (χ4n) is 1.58. The first-order valence-electron chi connectivity index (χ1n) is 5.12. The van der Waals surface area contributed by atoms with Crippen LogP contribution in [-0.2, 0) is 4.74 Å². The van der Waals surface area contributed by atoms with Crippen molar-refractivity contribution in [1.82, 2.24) is 0 Å². The molecule has 0 amide bonds. The smallest absolute Gasteiger partial charge is 0.0805 e. The number of hydrogen-bond donors (Lipinski definition) is 2. The predicted octanol–water partition coefficient (Wildman–Crippen LogP) is 1.39. The van der Waals surface area contributed by atoms with Gasteiger partial charge >= 0.3 is 0 Å². The molecule has 0 spiro atoms. The third kappa shape index (κ3) is 4.00. The molecule has 1 aromatic carbocycles. The average molecular weight is 209 g/mol. The van der Waals surface area contributed by atoms with Crippen LogP contribution in [0.15, 0.2) is 24.3 Å². The summed E-state index contributed by atoms with van der Waals surface area (Å²) in [6, 6.07) is 7.72. The molecule has 3 N–H and O–H groups in total. The Morgan fingerprint density at radius 2 is 2.20 bits per heavy atom.